The first-order valence-electron chi connectivity index (χ1n) is 12.2. The minimum atomic E-state index is -0.269. The number of H-pyrrole nitrogens is 1. The zero-order valence-electron chi connectivity index (χ0n) is 21.5. The monoisotopic (exact) mass is 480 g/mol. The maximum Gasteiger partial charge on any atom is 0.256 e. The number of hydrogen-bond donors (Lipinski definition) is 2. The third-order valence-electron chi connectivity index (χ3n) is 7.42. The SMILES string of the molecule is COc1cc(C)[nH]c(=O)c1CNC(=O)c1c(C)c(N(C)[C@H]2CC[C@H](N(C)C)CC2)cc2occc12. The number of aryl methyl sites for hydroxylation is 1. The summed E-state index contributed by atoms with van der Waals surface area (Å²) in [6.07, 6.45) is 6.13. The van der Waals surface area contributed by atoms with E-state index < -0.39 is 0 Å². The van der Waals surface area contributed by atoms with E-state index in [1.54, 1.807) is 19.3 Å². The van der Waals surface area contributed by atoms with Gasteiger partial charge in [0, 0.05) is 42.0 Å². The fourth-order valence-electron chi connectivity index (χ4n) is 5.31. The van der Waals surface area contributed by atoms with Crippen LogP contribution in [0.2, 0.25) is 0 Å². The zero-order chi connectivity index (χ0) is 25.3. The normalized spacial score (nSPS) is 18.1. The number of nitrogens with one attached hydrogen (secondary N) is 2. The molecule has 0 spiro atoms. The molecule has 1 aromatic carbocycles. The molecule has 4 rings (SSSR count). The number of amides is 1. The summed E-state index contributed by atoms with van der Waals surface area (Å²) in [5.74, 6) is 0.209. The molecule has 0 radical (unpaired) electrons. The highest BCUT2D eigenvalue weighted by atomic mass is 16.5. The fraction of sp³-hybridized carbons (Fsp3) is 0.481. The maximum absolute atomic E-state index is 13.5. The molecule has 2 heterocycles. The first-order valence-corrected chi connectivity index (χ1v) is 12.2. The van der Waals surface area contributed by atoms with Crippen molar-refractivity contribution in [2.24, 2.45) is 0 Å². The Morgan fingerprint density at radius 2 is 1.83 bits per heavy atom. The van der Waals surface area contributed by atoms with E-state index in [1.165, 1.54) is 7.11 Å². The van der Waals surface area contributed by atoms with Crippen LogP contribution in [0.3, 0.4) is 0 Å². The van der Waals surface area contributed by atoms with Gasteiger partial charge in [0.15, 0.2) is 0 Å². The van der Waals surface area contributed by atoms with Crippen LogP contribution < -0.4 is 20.5 Å². The van der Waals surface area contributed by atoms with Gasteiger partial charge in [-0.1, -0.05) is 0 Å². The van der Waals surface area contributed by atoms with Crippen molar-refractivity contribution in [1.82, 2.24) is 15.2 Å². The van der Waals surface area contributed by atoms with E-state index in [2.05, 4.69) is 41.2 Å². The largest absolute Gasteiger partial charge is 0.496 e. The van der Waals surface area contributed by atoms with E-state index in [1.807, 2.05) is 19.1 Å². The molecule has 1 saturated carbocycles. The van der Waals surface area contributed by atoms with Gasteiger partial charge in [-0.15, -0.1) is 0 Å². The molecule has 188 valence electrons. The van der Waals surface area contributed by atoms with Gasteiger partial charge < -0.3 is 29.3 Å². The molecule has 0 aliphatic heterocycles. The van der Waals surface area contributed by atoms with Crippen LogP contribution in [0.4, 0.5) is 5.69 Å². The highest BCUT2D eigenvalue weighted by molar-refractivity contribution is 6.09. The quantitative estimate of drug-likeness (QED) is 0.532. The Labute approximate surface area is 206 Å². The van der Waals surface area contributed by atoms with Crippen molar-refractivity contribution in [3.8, 4) is 5.75 Å². The molecular weight excluding hydrogens is 444 g/mol. The molecule has 3 aromatic rings. The van der Waals surface area contributed by atoms with Crippen molar-refractivity contribution in [2.75, 3.05) is 33.2 Å². The number of aromatic nitrogens is 1. The molecule has 35 heavy (non-hydrogen) atoms. The van der Waals surface area contributed by atoms with Crippen LogP contribution >= 0.6 is 0 Å². The lowest BCUT2D eigenvalue weighted by molar-refractivity contribution is 0.0951. The second-order valence-electron chi connectivity index (χ2n) is 9.78. The van der Waals surface area contributed by atoms with Crippen molar-refractivity contribution in [3.63, 3.8) is 0 Å². The van der Waals surface area contributed by atoms with Gasteiger partial charge in [0.2, 0.25) is 0 Å². The van der Waals surface area contributed by atoms with E-state index in [4.69, 9.17) is 9.15 Å². The summed E-state index contributed by atoms with van der Waals surface area (Å²) in [4.78, 5) is 33.3. The zero-order valence-corrected chi connectivity index (χ0v) is 21.5. The molecule has 1 aliphatic carbocycles. The number of carbonyl (C=O) groups excluding carboxylic acids is 1. The van der Waals surface area contributed by atoms with Crippen LogP contribution in [0, 0.1) is 13.8 Å². The molecule has 1 aliphatic rings. The maximum atomic E-state index is 13.5. The molecule has 0 saturated heterocycles. The number of hydrogen-bond acceptors (Lipinski definition) is 6. The Bertz CT molecular complexity index is 1270. The van der Waals surface area contributed by atoms with Gasteiger partial charge in [0.25, 0.3) is 11.5 Å². The van der Waals surface area contributed by atoms with Gasteiger partial charge in [-0.25, -0.2) is 0 Å². The van der Waals surface area contributed by atoms with Gasteiger partial charge in [-0.2, -0.15) is 0 Å². The van der Waals surface area contributed by atoms with E-state index >= 15 is 0 Å². The number of carbonyl (C=O) groups is 1. The molecule has 1 amide bonds. The molecule has 8 nitrogen and oxygen atoms in total. The lowest BCUT2D eigenvalue weighted by Gasteiger charge is -2.38. The molecule has 0 atom stereocenters. The predicted octanol–water partition coefficient (Wildman–Crippen LogP) is 3.99. The van der Waals surface area contributed by atoms with Crippen LogP contribution in [0.5, 0.6) is 5.75 Å². The smallest absolute Gasteiger partial charge is 0.256 e. The number of methoxy groups -OCH3 is 1. The lowest BCUT2D eigenvalue weighted by Crippen LogP contribution is -2.40. The Hall–Kier alpha value is -3.26. The van der Waals surface area contributed by atoms with Crippen LogP contribution in [-0.4, -0.2) is 56.1 Å². The average molecular weight is 481 g/mol. The summed E-state index contributed by atoms with van der Waals surface area (Å²) in [6.45, 7) is 3.84. The highest BCUT2D eigenvalue weighted by Gasteiger charge is 2.28. The van der Waals surface area contributed by atoms with Gasteiger partial charge in [0.1, 0.15) is 11.3 Å². The van der Waals surface area contributed by atoms with Crippen LogP contribution in [0.15, 0.2) is 33.7 Å². The van der Waals surface area contributed by atoms with Gasteiger partial charge in [-0.05, 0) is 71.3 Å². The summed E-state index contributed by atoms with van der Waals surface area (Å²) >= 11 is 0. The van der Waals surface area contributed by atoms with Crippen LogP contribution in [0.25, 0.3) is 11.0 Å². The number of rotatable bonds is 7. The Kier molecular flexibility index (Phi) is 7.21. The molecule has 8 heteroatoms. The third kappa shape index (κ3) is 4.93. The number of aromatic amines is 1. The van der Waals surface area contributed by atoms with Crippen molar-refractivity contribution in [1.29, 1.82) is 0 Å². The standard InChI is InChI=1S/C27H36N4O4/c1-16-13-23(34-6)21(26(32)29-16)15-28-27(33)25-17(2)22(14-24-20(25)11-12-35-24)31(5)19-9-7-18(8-10-19)30(3)4/h11-14,18-19H,7-10,15H2,1-6H3,(H,28,33)(H,29,32)/t18-,19-. The van der Waals surface area contributed by atoms with E-state index in [-0.39, 0.29) is 18.0 Å². The van der Waals surface area contributed by atoms with E-state index in [0.29, 0.717) is 40.2 Å². The predicted molar refractivity (Wildman–Crippen MR) is 139 cm³/mol. The Morgan fingerprint density at radius 1 is 1.14 bits per heavy atom. The summed E-state index contributed by atoms with van der Waals surface area (Å²) < 4.78 is 11.1. The number of benzene rings is 1. The Balaban J connectivity index is 1.61. The second-order valence-corrected chi connectivity index (χ2v) is 9.78. The topological polar surface area (TPSA) is 90.8 Å². The summed E-state index contributed by atoms with van der Waals surface area (Å²) in [5.41, 5.74) is 3.97. The van der Waals surface area contributed by atoms with Crippen molar-refractivity contribution in [2.45, 2.75) is 58.2 Å². The van der Waals surface area contributed by atoms with Crippen molar-refractivity contribution >= 4 is 22.6 Å². The number of furan rings is 1. The van der Waals surface area contributed by atoms with E-state index in [0.717, 1.165) is 42.3 Å². The van der Waals surface area contributed by atoms with Crippen LogP contribution in [0.1, 0.15) is 52.9 Å². The third-order valence-corrected chi connectivity index (χ3v) is 7.42. The summed E-state index contributed by atoms with van der Waals surface area (Å²) in [7, 11) is 7.92. The number of fused-ring (bicyclic) bond motifs is 1. The molecule has 1 fully saturated rings. The number of ether oxygens (including phenoxy) is 1. The fourth-order valence-corrected chi connectivity index (χ4v) is 5.31. The van der Waals surface area contributed by atoms with Gasteiger partial charge in [0.05, 0.1) is 31.0 Å². The van der Waals surface area contributed by atoms with Gasteiger partial charge >= 0.3 is 0 Å². The summed E-state index contributed by atoms with van der Waals surface area (Å²) in [6, 6.07) is 6.64. The average Bonchev–Trinajstić information content (AvgIpc) is 3.30. The second kappa shape index (κ2) is 10.2. The molecule has 2 N–H and O–H groups in total. The molecule has 0 unspecified atom stereocenters. The minimum Gasteiger partial charge on any atom is -0.496 e. The van der Waals surface area contributed by atoms with Crippen LogP contribution in [-0.2, 0) is 6.54 Å². The number of anilines is 1. The lowest BCUT2D eigenvalue weighted by atomic mass is 9.89. The van der Waals surface area contributed by atoms with Crippen molar-refractivity contribution < 1.29 is 13.9 Å². The molecule has 2 aromatic heterocycles. The highest BCUT2D eigenvalue weighted by Crippen LogP contribution is 2.35. The first-order chi connectivity index (χ1) is 16.7. The number of nitrogens with zero attached hydrogens (tertiary/aromatic N) is 2. The van der Waals surface area contributed by atoms with E-state index in [9.17, 15) is 9.59 Å². The molecule has 0 bridgehead atoms. The first kappa shape index (κ1) is 24.9. The van der Waals surface area contributed by atoms with Gasteiger partial charge in [-0.3, -0.25) is 9.59 Å². The Morgan fingerprint density at radius 3 is 2.49 bits per heavy atom. The van der Waals surface area contributed by atoms with Crippen molar-refractivity contribution in [3.05, 3.63) is 57.2 Å². The number of pyridine rings is 1. The minimum absolute atomic E-state index is 0.0605. The molecular formula is C27H36N4O4. The summed E-state index contributed by atoms with van der Waals surface area (Å²) in [5, 5.41) is 3.69.